The zero-order valence-electron chi connectivity index (χ0n) is 10.7. The second-order valence-electron chi connectivity index (χ2n) is 4.13. The first-order chi connectivity index (χ1) is 7.70. The number of ether oxygens (including phenoxy) is 2. The molecule has 0 spiro atoms. The van der Waals surface area contributed by atoms with Gasteiger partial charge in [0.2, 0.25) is 0 Å². The quantitative estimate of drug-likeness (QED) is 0.346. The number of rotatable bonds is 10. The Hall–Kier alpha value is 0.554. The fourth-order valence-corrected chi connectivity index (χ4v) is 5.39. The maximum absolute atomic E-state index is 5.79. The monoisotopic (exact) mass is 268 g/mol. The van der Waals surface area contributed by atoms with Crippen molar-refractivity contribution in [2.75, 3.05) is 33.0 Å². The fraction of sp³-hybridized carbons (Fsp3) is 1.00. The molecule has 0 aromatic heterocycles. The molecule has 1 fully saturated rings. The van der Waals surface area contributed by atoms with Crippen molar-refractivity contribution in [2.45, 2.75) is 36.3 Å². The van der Waals surface area contributed by atoms with E-state index in [0.717, 1.165) is 44.2 Å². The van der Waals surface area contributed by atoms with Gasteiger partial charge in [-0.25, -0.2) is 0 Å². The van der Waals surface area contributed by atoms with Crippen molar-refractivity contribution in [1.29, 1.82) is 0 Å². The molecule has 0 aliphatic carbocycles. The Morgan fingerprint density at radius 2 is 1.88 bits per heavy atom. The van der Waals surface area contributed by atoms with E-state index in [4.69, 9.17) is 16.1 Å². The number of epoxide rings is 1. The summed E-state index contributed by atoms with van der Waals surface area (Å²) >= 11 is -2.44. The standard InChI is InChI=1S/C6H11O2.2C2H5O.CH3.Ti/c1-2-3-7-4-6-5-8-6;2*1-2-3;;/h6H,1-5H2;2*2H2,1H3;1H3;/q;2*-1;;+2. The molecular weight excluding hydrogens is 244 g/mol. The Kier molecular flexibility index (Phi) is 7.12. The fourth-order valence-electron chi connectivity index (χ4n) is 1.67. The van der Waals surface area contributed by atoms with E-state index in [1.807, 2.05) is 13.8 Å². The van der Waals surface area contributed by atoms with Crippen molar-refractivity contribution in [3.05, 3.63) is 0 Å². The van der Waals surface area contributed by atoms with Gasteiger partial charge in [-0.1, -0.05) is 0 Å². The van der Waals surface area contributed by atoms with Crippen molar-refractivity contribution < 1.29 is 33.5 Å². The normalized spacial score (nSPS) is 20.1. The van der Waals surface area contributed by atoms with E-state index >= 15 is 0 Å². The van der Waals surface area contributed by atoms with E-state index in [9.17, 15) is 0 Å². The summed E-state index contributed by atoms with van der Waals surface area (Å²) in [6.07, 6.45) is 1.40. The van der Waals surface area contributed by atoms with Crippen LogP contribution >= 0.6 is 0 Å². The van der Waals surface area contributed by atoms with Crippen LogP contribution in [0.5, 0.6) is 0 Å². The molecule has 4 nitrogen and oxygen atoms in total. The molecule has 1 heterocycles. The van der Waals surface area contributed by atoms with Gasteiger partial charge < -0.3 is 0 Å². The Morgan fingerprint density at radius 3 is 2.38 bits per heavy atom. The summed E-state index contributed by atoms with van der Waals surface area (Å²) in [5.74, 6) is 0. The van der Waals surface area contributed by atoms with Crippen LogP contribution in [0.4, 0.5) is 0 Å². The van der Waals surface area contributed by atoms with Crippen molar-refractivity contribution >= 4 is 0 Å². The van der Waals surface area contributed by atoms with Crippen molar-refractivity contribution in [3.63, 3.8) is 0 Å². The molecule has 96 valence electrons. The molecule has 1 aliphatic heterocycles. The predicted octanol–water partition coefficient (Wildman–Crippen LogP) is 2.32. The van der Waals surface area contributed by atoms with Crippen molar-refractivity contribution in [2.24, 2.45) is 0 Å². The second kappa shape index (κ2) is 7.80. The van der Waals surface area contributed by atoms with Gasteiger partial charge in [0.25, 0.3) is 0 Å². The molecule has 16 heavy (non-hydrogen) atoms. The van der Waals surface area contributed by atoms with Gasteiger partial charge in [-0.2, -0.15) is 0 Å². The molecule has 1 unspecified atom stereocenters. The zero-order chi connectivity index (χ0) is 11.9. The molecule has 0 amide bonds. The molecule has 5 heteroatoms. The molecule has 1 aliphatic rings. The van der Waals surface area contributed by atoms with Crippen LogP contribution in [0, 0.1) is 0 Å². The van der Waals surface area contributed by atoms with Crippen LogP contribution in [0.25, 0.3) is 0 Å². The van der Waals surface area contributed by atoms with Crippen LogP contribution < -0.4 is 0 Å². The average molecular weight is 268 g/mol. The summed E-state index contributed by atoms with van der Waals surface area (Å²) in [6, 6.07) is 0. The third kappa shape index (κ3) is 6.33. The predicted molar refractivity (Wildman–Crippen MR) is 59.1 cm³/mol. The van der Waals surface area contributed by atoms with Crippen LogP contribution in [0.1, 0.15) is 20.3 Å². The topological polar surface area (TPSA) is 40.2 Å². The van der Waals surface area contributed by atoms with Gasteiger partial charge in [-0.15, -0.1) is 0 Å². The van der Waals surface area contributed by atoms with Crippen LogP contribution in [0.15, 0.2) is 0 Å². The molecule has 0 radical (unpaired) electrons. The molecule has 0 saturated carbocycles. The SMILES string of the molecule is CC[O][Ti]([CH3])([CH2]CCOCC1CO1)[O]CC. The summed E-state index contributed by atoms with van der Waals surface area (Å²) < 4.78 is 23.2. The first-order valence-electron chi connectivity index (χ1n) is 6.17. The van der Waals surface area contributed by atoms with Gasteiger partial charge in [0.15, 0.2) is 0 Å². The van der Waals surface area contributed by atoms with E-state index in [1.165, 1.54) is 0 Å². The third-order valence-electron chi connectivity index (χ3n) is 2.53. The minimum absolute atomic E-state index is 0.367. The molecule has 0 bridgehead atoms. The molecule has 1 rings (SSSR count). The second-order valence-corrected chi connectivity index (χ2v) is 9.36. The molecule has 0 aromatic carbocycles. The summed E-state index contributed by atoms with van der Waals surface area (Å²) in [7, 11) is 0. The maximum atomic E-state index is 5.79. The molecule has 0 aromatic rings. The van der Waals surface area contributed by atoms with Crippen LogP contribution in [-0.2, 0) is 33.5 Å². The van der Waals surface area contributed by atoms with Gasteiger partial charge in [0, 0.05) is 0 Å². The van der Waals surface area contributed by atoms with Gasteiger partial charge >= 0.3 is 103 Å². The van der Waals surface area contributed by atoms with E-state index in [1.54, 1.807) is 0 Å². The first kappa shape index (κ1) is 14.6. The van der Waals surface area contributed by atoms with E-state index < -0.39 is 17.4 Å². The summed E-state index contributed by atoms with van der Waals surface area (Å²) in [4.78, 5) is 0. The zero-order valence-corrected chi connectivity index (χ0v) is 12.2. The third-order valence-corrected chi connectivity index (χ3v) is 7.30. The summed E-state index contributed by atoms with van der Waals surface area (Å²) in [5.41, 5.74) is 0. The Balaban J connectivity index is 2.05. The van der Waals surface area contributed by atoms with E-state index in [-0.39, 0.29) is 0 Å². The molecule has 1 atom stereocenters. The van der Waals surface area contributed by atoms with Gasteiger partial charge in [0.1, 0.15) is 0 Å². The summed E-state index contributed by atoms with van der Waals surface area (Å²) in [6.45, 7) is 7.98. The molecule has 0 N–H and O–H groups in total. The van der Waals surface area contributed by atoms with Crippen LogP contribution in [0.3, 0.4) is 0 Å². The van der Waals surface area contributed by atoms with Crippen LogP contribution in [0.2, 0.25) is 9.95 Å². The Labute approximate surface area is 103 Å². The average Bonchev–Trinajstić information content (AvgIpc) is 3.02. The van der Waals surface area contributed by atoms with Crippen molar-refractivity contribution in [1.82, 2.24) is 0 Å². The first-order valence-corrected chi connectivity index (χ1v) is 10.1. The van der Waals surface area contributed by atoms with Crippen LogP contribution in [-0.4, -0.2) is 39.1 Å². The Morgan fingerprint density at radius 1 is 1.25 bits per heavy atom. The van der Waals surface area contributed by atoms with Gasteiger partial charge in [0.05, 0.1) is 0 Å². The van der Waals surface area contributed by atoms with Gasteiger partial charge in [-0.05, 0) is 0 Å². The Bertz CT molecular complexity index is 179. The number of hydrogen-bond acceptors (Lipinski definition) is 4. The van der Waals surface area contributed by atoms with E-state index in [0.29, 0.717) is 6.10 Å². The van der Waals surface area contributed by atoms with Gasteiger partial charge in [-0.3, -0.25) is 0 Å². The molecule has 1 saturated heterocycles. The van der Waals surface area contributed by atoms with Crippen molar-refractivity contribution in [3.8, 4) is 0 Å². The minimum atomic E-state index is -2.44. The summed E-state index contributed by atoms with van der Waals surface area (Å²) in [5, 5.41) is 2.18. The number of hydrogen-bond donors (Lipinski definition) is 0. The molecular formula is C11H24O4Ti. The van der Waals surface area contributed by atoms with E-state index in [2.05, 4.69) is 5.23 Å².